The second-order valence-electron chi connectivity index (χ2n) is 7.09. The molecule has 0 spiro atoms. The average molecular weight is 490 g/mol. The Morgan fingerprint density at radius 2 is 1.59 bits per heavy atom. The van der Waals surface area contributed by atoms with E-state index in [4.69, 9.17) is 0 Å². The number of hydrogen-bond acceptors (Lipinski definition) is 9. The van der Waals surface area contributed by atoms with Crippen molar-refractivity contribution in [2.24, 2.45) is 0 Å². The van der Waals surface area contributed by atoms with Gasteiger partial charge >= 0.3 is 0 Å². The molecule has 1 aromatic heterocycles. The van der Waals surface area contributed by atoms with Crippen molar-refractivity contribution in [3.8, 4) is 0 Å². The van der Waals surface area contributed by atoms with Crippen molar-refractivity contribution in [1.82, 2.24) is 20.3 Å². The summed E-state index contributed by atoms with van der Waals surface area (Å²) in [5.41, 5.74) is 1.43. The van der Waals surface area contributed by atoms with Gasteiger partial charge in [0, 0.05) is 30.9 Å². The lowest BCUT2D eigenvalue weighted by molar-refractivity contribution is -0.120. The van der Waals surface area contributed by atoms with Crippen molar-refractivity contribution < 1.29 is 22.2 Å². The number of para-hydroxylation sites is 1. The van der Waals surface area contributed by atoms with E-state index in [1.807, 2.05) is 30.3 Å². The fourth-order valence-electron chi connectivity index (χ4n) is 2.87. The number of halogens is 1. The average Bonchev–Trinajstić information content (AvgIpc) is 2.79. The van der Waals surface area contributed by atoms with Crippen LogP contribution in [0.2, 0.25) is 0 Å². The molecule has 180 valence electrons. The fourth-order valence-corrected chi connectivity index (χ4v) is 3.62. The number of aryl methyl sites for hydroxylation is 1. The molecule has 3 aromatic rings. The Kier molecular flexibility index (Phi) is 8.27. The lowest BCUT2D eigenvalue weighted by Gasteiger charge is -2.12. The number of nitrogens with zero attached hydrogens (tertiary/aromatic N) is 3. The topological polar surface area (TPSA) is 158 Å². The van der Waals surface area contributed by atoms with Crippen molar-refractivity contribution in [3.63, 3.8) is 0 Å². The van der Waals surface area contributed by atoms with Crippen LogP contribution in [0.3, 0.4) is 0 Å². The van der Waals surface area contributed by atoms with Crippen molar-refractivity contribution in [2.45, 2.75) is 18.2 Å². The Bertz CT molecular complexity index is 1240. The van der Waals surface area contributed by atoms with E-state index in [0.29, 0.717) is 11.3 Å². The molecular weight excluding hydrogens is 465 g/mol. The third kappa shape index (κ3) is 7.35. The quantitative estimate of drug-likeness (QED) is 0.254. The molecular formula is C21H24FN7O4S. The minimum absolute atomic E-state index is 0.0497. The number of nitrogens with one attached hydrogen (secondary N) is 4. The number of amides is 1. The highest BCUT2D eigenvalue weighted by Crippen LogP contribution is 2.23. The van der Waals surface area contributed by atoms with Crippen LogP contribution in [0.5, 0.6) is 0 Å². The van der Waals surface area contributed by atoms with Gasteiger partial charge < -0.3 is 21.3 Å². The molecule has 0 atom stereocenters. The molecule has 0 saturated carbocycles. The maximum Gasteiger partial charge on any atom is 0.294 e. The van der Waals surface area contributed by atoms with Gasteiger partial charge in [-0.05, 0) is 36.8 Å². The van der Waals surface area contributed by atoms with Gasteiger partial charge in [-0.15, -0.1) is 0 Å². The normalized spacial score (nSPS) is 11.0. The number of carbonyl (C=O) groups excluding carboxylic acids is 1. The van der Waals surface area contributed by atoms with Gasteiger partial charge in [0.05, 0.1) is 4.90 Å². The summed E-state index contributed by atoms with van der Waals surface area (Å²) in [5, 5.41) is 11.3. The third-order valence-corrected chi connectivity index (χ3v) is 5.44. The first kappa shape index (κ1) is 24.8. The predicted octanol–water partition coefficient (Wildman–Crippen LogP) is 2.80. The summed E-state index contributed by atoms with van der Waals surface area (Å²) in [6.07, 6.45) is 0.0750. The number of benzene rings is 2. The van der Waals surface area contributed by atoms with Gasteiger partial charge in [0.2, 0.25) is 23.8 Å². The summed E-state index contributed by atoms with van der Waals surface area (Å²) in [5.74, 6) is 0.104. The molecule has 13 heteroatoms. The molecule has 0 fully saturated rings. The Morgan fingerprint density at radius 3 is 2.24 bits per heavy atom. The van der Waals surface area contributed by atoms with Crippen LogP contribution in [-0.4, -0.2) is 53.6 Å². The third-order valence-electron chi connectivity index (χ3n) is 4.44. The van der Waals surface area contributed by atoms with Crippen LogP contribution in [0.4, 0.5) is 33.6 Å². The summed E-state index contributed by atoms with van der Waals surface area (Å²) in [4.78, 5) is 24.3. The van der Waals surface area contributed by atoms with Gasteiger partial charge in [-0.2, -0.15) is 23.4 Å². The maximum atomic E-state index is 12.2. The van der Waals surface area contributed by atoms with Crippen LogP contribution in [0.15, 0.2) is 53.4 Å². The Balaban J connectivity index is 1.83. The number of aromatic nitrogens is 3. The minimum Gasteiger partial charge on any atom is -0.354 e. The highest BCUT2D eigenvalue weighted by Gasteiger charge is 2.15. The molecule has 0 aliphatic carbocycles. The van der Waals surface area contributed by atoms with E-state index in [0.717, 1.165) is 5.69 Å². The van der Waals surface area contributed by atoms with Crippen LogP contribution in [0, 0.1) is 6.92 Å². The first-order valence-corrected chi connectivity index (χ1v) is 11.7. The van der Waals surface area contributed by atoms with Gasteiger partial charge in [0.15, 0.2) is 0 Å². The Morgan fingerprint density at radius 1 is 0.941 bits per heavy atom. The second-order valence-corrected chi connectivity index (χ2v) is 8.48. The highest BCUT2D eigenvalue weighted by atomic mass is 32.2. The number of anilines is 5. The lowest BCUT2D eigenvalue weighted by atomic mass is 10.2. The lowest BCUT2D eigenvalue weighted by Crippen LogP contribution is -2.27. The maximum absolute atomic E-state index is 12.2. The molecule has 1 heterocycles. The van der Waals surface area contributed by atoms with Crippen molar-refractivity contribution in [2.75, 3.05) is 35.7 Å². The monoisotopic (exact) mass is 489 g/mol. The van der Waals surface area contributed by atoms with Crippen molar-refractivity contribution >= 4 is 45.2 Å². The van der Waals surface area contributed by atoms with Gasteiger partial charge in [0.25, 0.3) is 10.1 Å². The smallest absolute Gasteiger partial charge is 0.294 e. The van der Waals surface area contributed by atoms with Crippen molar-refractivity contribution in [1.29, 1.82) is 0 Å². The molecule has 34 heavy (non-hydrogen) atoms. The minimum atomic E-state index is -4.41. The van der Waals surface area contributed by atoms with E-state index in [1.165, 1.54) is 12.1 Å². The summed E-state index contributed by atoms with van der Waals surface area (Å²) in [6.45, 7) is 1.05. The standard InChI is InChI=1S/C21H24FN7O4S/c1-14-7-8-16(13-17(14)34(31,32)33)26-21-28-19(24-11-9-18(30)23-12-10-22)27-20(29-21)25-15-5-3-2-4-6-15/h2-8,13H,9-12H2,1H3,(H,23,30)(H,31,32,33)(H3,24,25,26,27,28,29). The van der Waals surface area contributed by atoms with Crippen LogP contribution >= 0.6 is 0 Å². The molecule has 0 aliphatic heterocycles. The molecule has 1 amide bonds. The van der Waals surface area contributed by atoms with E-state index in [1.54, 1.807) is 13.0 Å². The molecule has 0 radical (unpaired) electrons. The fraction of sp³-hybridized carbons (Fsp3) is 0.238. The van der Waals surface area contributed by atoms with Gasteiger partial charge in [0.1, 0.15) is 6.67 Å². The first-order chi connectivity index (χ1) is 16.2. The molecule has 3 rings (SSSR count). The van der Waals surface area contributed by atoms with Crippen LogP contribution in [0.25, 0.3) is 0 Å². The number of carbonyl (C=O) groups is 1. The van der Waals surface area contributed by atoms with E-state index >= 15 is 0 Å². The molecule has 2 aromatic carbocycles. The zero-order valence-corrected chi connectivity index (χ0v) is 19.1. The molecule has 11 nitrogen and oxygen atoms in total. The molecule has 0 aliphatic rings. The Labute approximate surface area is 196 Å². The zero-order valence-electron chi connectivity index (χ0n) is 18.2. The largest absolute Gasteiger partial charge is 0.354 e. The molecule has 5 N–H and O–H groups in total. The van der Waals surface area contributed by atoms with Crippen LogP contribution in [0.1, 0.15) is 12.0 Å². The van der Waals surface area contributed by atoms with E-state index in [9.17, 15) is 22.2 Å². The van der Waals surface area contributed by atoms with E-state index < -0.39 is 16.8 Å². The van der Waals surface area contributed by atoms with E-state index in [-0.39, 0.29) is 48.2 Å². The number of hydrogen-bond donors (Lipinski definition) is 5. The Hall–Kier alpha value is -3.84. The van der Waals surface area contributed by atoms with Gasteiger partial charge in [-0.3, -0.25) is 9.35 Å². The van der Waals surface area contributed by atoms with Crippen molar-refractivity contribution in [3.05, 3.63) is 54.1 Å². The first-order valence-electron chi connectivity index (χ1n) is 10.2. The number of alkyl halides is 1. The second kappa shape index (κ2) is 11.3. The zero-order chi connectivity index (χ0) is 24.6. The molecule has 0 saturated heterocycles. The van der Waals surface area contributed by atoms with Gasteiger partial charge in [-0.1, -0.05) is 24.3 Å². The summed E-state index contributed by atoms with van der Waals surface area (Å²) >= 11 is 0. The summed E-state index contributed by atoms with van der Waals surface area (Å²) < 4.78 is 44.9. The number of rotatable bonds is 11. The predicted molar refractivity (Wildman–Crippen MR) is 126 cm³/mol. The SMILES string of the molecule is Cc1ccc(Nc2nc(NCCC(=O)NCCF)nc(Nc3ccccc3)n2)cc1S(=O)(=O)O. The van der Waals surface area contributed by atoms with Crippen LogP contribution in [-0.2, 0) is 14.9 Å². The van der Waals surface area contributed by atoms with E-state index in [2.05, 4.69) is 36.2 Å². The molecule has 0 unspecified atom stereocenters. The van der Waals surface area contributed by atoms with Crippen LogP contribution < -0.4 is 21.3 Å². The summed E-state index contributed by atoms with van der Waals surface area (Å²) in [6, 6.07) is 13.6. The molecule has 0 bridgehead atoms. The highest BCUT2D eigenvalue weighted by molar-refractivity contribution is 7.85. The summed E-state index contributed by atoms with van der Waals surface area (Å²) in [7, 11) is -4.41. The van der Waals surface area contributed by atoms with Gasteiger partial charge in [-0.25, -0.2) is 4.39 Å².